The van der Waals surface area contributed by atoms with Crippen LogP contribution in [0.5, 0.6) is 5.75 Å². The molecule has 0 spiro atoms. The highest BCUT2D eigenvalue weighted by Gasteiger charge is 2.25. The van der Waals surface area contributed by atoms with Crippen LogP contribution in [0.4, 0.5) is 5.82 Å². The van der Waals surface area contributed by atoms with Gasteiger partial charge in [-0.2, -0.15) is 0 Å². The maximum atomic E-state index is 5.77. The molecule has 5 nitrogen and oxygen atoms in total. The molecule has 0 atom stereocenters. The van der Waals surface area contributed by atoms with E-state index in [1.807, 2.05) is 37.4 Å². The van der Waals surface area contributed by atoms with E-state index in [-0.39, 0.29) is 0 Å². The van der Waals surface area contributed by atoms with Gasteiger partial charge in [-0.15, -0.1) is 11.3 Å². The molecule has 1 saturated heterocycles. The molecule has 148 valence electrons. The van der Waals surface area contributed by atoms with Gasteiger partial charge in [-0.25, -0.2) is 9.97 Å². The Kier molecular flexibility index (Phi) is 4.72. The predicted octanol–water partition coefficient (Wildman–Crippen LogP) is 5.65. The number of anilines is 1. The third-order valence-corrected chi connectivity index (χ3v) is 6.60. The van der Waals surface area contributed by atoms with Gasteiger partial charge in [0.2, 0.25) is 0 Å². The second-order valence-electron chi connectivity index (χ2n) is 7.44. The van der Waals surface area contributed by atoms with E-state index in [2.05, 4.69) is 27.4 Å². The van der Waals surface area contributed by atoms with Gasteiger partial charge < -0.3 is 14.1 Å². The van der Waals surface area contributed by atoms with Crippen molar-refractivity contribution in [2.24, 2.45) is 0 Å². The minimum Gasteiger partial charge on any atom is -0.496 e. The summed E-state index contributed by atoms with van der Waals surface area (Å²) in [6, 6.07) is 12.1. The van der Waals surface area contributed by atoms with Crippen LogP contribution in [0, 0.1) is 6.92 Å². The number of aryl methyl sites for hydroxylation is 1. The fourth-order valence-electron chi connectivity index (χ4n) is 4.12. The second kappa shape index (κ2) is 7.52. The smallest absolute Gasteiger partial charge is 0.139 e. The van der Waals surface area contributed by atoms with Crippen molar-refractivity contribution in [3.8, 4) is 17.0 Å². The van der Waals surface area contributed by atoms with Crippen molar-refractivity contribution in [1.82, 2.24) is 9.97 Å². The third-order valence-electron chi connectivity index (χ3n) is 5.60. The van der Waals surface area contributed by atoms with Crippen molar-refractivity contribution >= 4 is 28.1 Å². The van der Waals surface area contributed by atoms with Gasteiger partial charge >= 0.3 is 0 Å². The summed E-state index contributed by atoms with van der Waals surface area (Å²) in [4.78, 5) is 12.0. The first kappa shape index (κ1) is 18.2. The number of nitrogens with zero attached hydrogens (tertiary/aromatic N) is 3. The lowest BCUT2D eigenvalue weighted by Gasteiger charge is -2.32. The van der Waals surface area contributed by atoms with Gasteiger partial charge in [-0.3, -0.25) is 0 Å². The van der Waals surface area contributed by atoms with Gasteiger partial charge in [0.1, 0.15) is 22.9 Å². The summed E-state index contributed by atoms with van der Waals surface area (Å²) in [7, 11) is 1.71. The molecule has 1 aliphatic heterocycles. The summed E-state index contributed by atoms with van der Waals surface area (Å²) in [5, 5.41) is 4.47. The number of methoxy groups -OCH3 is 1. The molecule has 1 aliphatic rings. The Morgan fingerprint density at radius 3 is 2.83 bits per heavy atom. The average molecular weight is 406 g/mol. The van der Waals surface area contributed by atoms with Gasteiger partial charge in [-0.05, 0) is 44.0 Å². The Morgan fingerprint density at radius 2 is 2.00 bits per heavy atom. The molecular weight excluding hydrogens is 382 g/mol. The van der Waals surface area contributed by atoms with E-state index in [9.17, 15) is 0 Å². The summed E-state index contributed by atoms with van der Waals surface area (Å²) < 4.78 is 11.3. The molecule has 0 N–H and O–H groups in total. The number of rotatable bonds is 4. The second-order valence-corrected chi connectivity index (χ2v) is 8.33. The number of para-hydroxylation sites is 1. The number of hydrogen-bond acceptors (Lipinski definition) is 6. The third kappa shape index (κ3) is 3.38. The molecule has 0 saturated carbocycles. The molecule has 0 unspecified atom stereocenters. The van der Waals surface area contributed by atoms with Crippen LogP contribution in [0.15, 0.2) is 52.4 Å². The Morgan fingerprint density at radius 1 is 1.17 bits per heavy atom. The largest absolute Gasteiger partial charge is 0.496 e. The van der Waals surface area contributed by atoms with E-state index in [1.165, 1.54) is 5.01 Å². The van der Waals surface area contributed by atoms with Crippen molar-refractivity contribution in [1.29, 1.82) is 0 Å². The molecule has 0 radical (unpaired) electrons. The van der Waals surface area contributed by atoms with Crippen molar-refractivity contribution < 1.29 is 9.15 Å². The lowest BCUT2D eigenvalue weighted by atomic mass is 9.97. The summed E-state index contributed by atoms with van der Waals surface area (Å²) >= 11 is 1.76. The Balaban J connectivity index is 1.33. The molecule has 1 aromatic carbocycles. The van der Waals surface area contributed by atoms with Gasteiger partial charge in [-0.1, -0.05) is 12.1 Å². The van der Waals surface area contributed by atoms with Gasteiger partial charge in [0.25, 0.3) is 0 Å². The number of pyridine rings is 1. The van der Waals surface area contributed by atoms with Gasteiger partial charge in [0.15, 0.2) is 0 Å². The minimum atomic E-state index is 0.491. The van der Waals surface area contributed by atoms with E-state index in [0.717, 1.165) is 65.5 Å². The van der Waals surface area contributed by atoms with E-state index >= 15 is 0 Å². The Hall–Kier alpha value is -2.86. The summed E-state index contributed by atoms with van der Waals surface area (Å²) in [5.74, 6) is 3.32. The molecule has 6 heteroatoms. The lowest BCUT2D eigenvalue weighted by Crippen LogP contribution is -2.33. The average Bonchev–Trinajstić information content (AvgIpc) is 3.39. The topological polar surface area (TPSA) is 51.4 Å². The predicted molar refractivity (Wildman–Crippen MR) is 117 cm³/mol. The van der Waals surface area contributed by atoms with E-state index < -0.39 is 0 Å². The van der Waals surface area contributed by atoms with E-state index in [1.54, 1.807) is 18.4 Å². The monoisotopic (exact) mass is 405 g/mol. The number of hydrogen-bond donors (Lipinski definition) is 0. The fourth-order valence-corrected chi connectivity index (χ4v) is 5.11. The van der Waals surface area contributed by atoms with Crippen LogP contribution in [0.25, 0.3) is 22.2 Å². The van der Waals surface area contributed by atoms with Gasteiger partial charge in [0.05, 0.1) is 23.2 Å². The Bertz CT molecular complexity index is 1140. The highest BCUT2D eigenvalue weighted by molar-refractivity contribution is 7.10. The first-order valence-corrected chi connectivity index (χ1v) is 10.8. The van der Waals surface area contributed by atoms with Crippen LogP contribution in [0.1, 0.15) is 29.5 Å². The van der Waals surface area contributed by atoms with Crippen LogP contribution in [-0.4, -0.2) is 30.2 Å². The molecule has 4 heterocycles. The van der Waals surface area contributed by atoms with Gasteiger partial charge in [0, 0.05) is 36.1 Å². The molecule has 0 aliphatic carbocycles. The fraction of sp³-hybridized carbons (Fsp3) is 0.304. The number of ether oxygens (including phenoxy) is 1. The van der Waals surface area contributed by atoms with Crippen molar-refractivity contribution in [2.45, 2.75) is 25.7 Å². The van der Waals surface area contributed by atoms with Crippen LogP contribution in [0.3, 0.4) is 0 Å². The molecule has 3 aromatic heterocycles. The Labute approximate surface area is 174 Å². The molecule has 0 bridgehead atoms. The highest BCUT2D eigenvalue weighted by Crippen LogP contribution is 2.37. The number of thiazole rings is 1. The lowest BCUT2D eigenvalue weighted by molar-refractivity contribution is 0.416. The highest BCUT2D eigenvalue weighted by atomic mass is 32.1. The number of benzene rings is 1. The standard InChI is InChI=1S/C23H23N3O2S/c1-15-13-18-21(28-15)7-10-24-22(18)26-11-8-16(9-12-26)23-25-19(14-29-23)17-5-3-4-6-20(17)27-2/h3-7,10,13-14,16H,8-9,11-12H2,1-2H3. The quantitative estimate of drug-likeness (QED) is 0.439. The summed E-state index contributed by atoms with van der Waals surface area (Å²) in [6.07, 6.45) is 3.99. The van der Waals surface area contributed by atoms with Crippen molar-refractivity contribution in [2.75, 3.05) is 25.1 Å². The molecule has 4 aromatic rings. The number of furan rings is 1. The summed E-state index contributed by atoms with van der Waals surface area (Å²) in [5.41, 5.74) is 2.97. The van der Waals surface area contributed by atoms with Crippen LogP contribution in [0.2, 0.25) is 0 Å². The molecule has 29 heavy (non-hydrogen) atoms. The molecule has 1 fully saturated rings. The summed E-state index contributed by atoms with van der Waals surface area (Å²) in [6.45, 7) is 3.94. The van der Waals surface area contributed by atoms with Crippen molar-refractivity contribution in [3.05, 3.63) is 58.7 Å². The zero-order chi connectivity index (χ0) is 19.8. The number of piperidine rings is 1. The maximum Gasteiger partial charge on any atom is 0.139 e. The number of aromatic nitrogens is 2. The zero-order valence-corrected chi connectivity index (χ0v) is 17.4. The minimum absolute atomic E-state index is 0.491. The van der Waals surface area contributed by atoms with Crippen LogP contribution >= 0.6 is 11.3 Å². The molecule has 0 amide bonds. The van der Waals surface area contributed by atoms with Crippen LogP contribution < -0.4 is 9.64 Å². The maximum absolute atomic E-state index is 5.77. The first-order chi connectivity index (χ1) is 14.2. The first-order valence-electron chi connectivity index (χ1n) is 9.92. The number of fused-ring (bicyclic) bond motifs is 1. The van der Waals surface area contributed by atoms with E-state index in [0.29, 0.717) is 5.92 Å². The van der Waals surface area contributed by atoms with E-state index in [4.69, 9.17) is 14.1 Å². The molecule has 5 rings (SSSR count). The van der Waals surface area contributed by atoms with Crippen LogP contribution in [-0.2, 0) is 0 Å². The normalized spacial score (nSPS) is 15.2. The zero-order valence-electron chi connectivity index (χ0n) is 16.6. The SMILES string of the molecule is COc1ccccc1-c1csc(C2CCN(c3nccc4oc(C)cc34)CC2)n1. The van der Waals surface area contributed by atoms with Crippen molar-refractivity contribution in [3.63, 3.8) is 0 Å². The molecular formula is C23H23N3O2S.